The average Bonchev–Trinajstić information content (AvgIpc) is 2.66. The van der Waals surface area contributed by atoms with E-state index in [1.165, 1.54) is 64.2 Å². The minimum absolute atomic E-state index is 0.00595. The SMILES string of the molecule is CCC(C)C1(C)CCCCCCC2NCCCCCC(C)C2[C@]1(C)O. The molecule has 0 amide bonds. The van der Waals surface area contributed by atoms with Crippen LogP contribution < -0.4 is 5.32 Å². The van der Waals surface area contributed by atoms with Gasteiger partial charge in [0.25, 0.3) is 0 Å². The van der Waals surface area contributed by atoms with Crippen LogP contribution in [-0.4, -0.2) is 23.3 Å². The predicted molar refractivity (Wildman–Crippen MR) is 109 cm³/mol. The Morgan fingerprint density at radius 3 is 2.36 bits per heavy atom. The van der Waals surface area contributed by atoms with Gasteiger partial charge in [-0.05, 0) is 50.0 Å². The van der Waals surface area contributed by atoms with Gasteiger partial charge in [0.1, 0.15) is 0 Å². The zero-order chi connectivity index (χ0) is 18.5. The number of rotatable bonds is 2. The van der Waals surface area contributed by atoms with Gasteiger partial charge in [0.2, 0.25) is 0 Å². The fraction of sp³-hybridized carbons (Fsp3) is 1.00. The molecule has 1 saturated carbocycles. The Bertz CT molecular complexity index is 394. The second kappa shape index (κ2) is 9.22. The Morgan fingerprint density at radius 2 is 1.64 bits per heavy atom. The summed E-state index contributed by atoms with van der Waals surface area (Å²) in [5.74, 6) is 1.51. The first-order chi connectivity index (χ1) is 11.8. The van der Waals surface area contributed by atoms with Crippen molar-refractivity contribution in [2.75, 3.05) is 6.54 Å². The van der Waals surface area contributed by atoms with E-state index >= 15 is 0 Å². The highest BCUT2D eigenvalue weighted by molar-refractivity contribution is 5.05. The Labute approximate surface area is 157 Å². The molecule has 6 atom stereocenters. The van der Waals surface area contributed by atoms with Crippen LogP contribution in [0.5, 0.6) is 0 Å². The molecule has 148 valence electrons. The van der Waals surface area contributed by atoms with E-state index in [0.717, 1.165) is 13.0 Å². The monoisotopic (exact) mass is 351 g/mol. The Balaban J connectivity index is 2.43. The van der Waals surface area contributed by atoms with Gasteiger partial charge >= 0.3 is 0 Å². The molecule has 0 aromatic carbocycles. The Kier molecular flexibility index (Phi) is 7.83. The summed E-state index contributed by atoms with van der Waals surface area (Å²) in [6.45, 7) is 12.8. The van der Waals surface area contributed by atoms with Crippen LogP contribution in [0.25, 0.3) is 0 Å². The average molecular weight is 352 g/mol. The lowest BCUT2D eigenvalue weighted by atomic mass is 9.54. The van der Waals surface area contributed by atoms with Gasteiger partial charge in [0, 0.05) is 12.0 Å². The molecule has 25 heavy (non-hydrogen) atoms. The van der Waals surface area contributed by atoms with Gasteiger partial charge in [-0.2, -0.15) is 0 Å². The van der Waals surface area contributed by atoms with Crippen LogP contribution in [0.3, 0.4) is 0 Å². The van der Waals surface area contributed by atoms with Crippen LogP contribution >= 0.6 is 0 Å². The molecule has 0 aromatic rings. The van der Waals surface area contributed by atoms with Crippen molar-refractivity contribution < 1.29 is 5.11 Å². The molecule has 1 aliphatic heterocycles. The van der Waals surface area contributed by atoms with Gasteiger partial charge < -0.3 is 10.4 Å². The van der Waals surface area contributed by atoms with Crippen molar-refractivity contribution in [1.29, 1.82) is 0 Å². The number of fused-ring (bicyclic) bond motifs is 1. The first-order valence-electron chi connectivity index (χ1n) is 11.3. The molecule has 1 saturated heterocycles. The van der Waals surface area contributed by atoms with Gasteiger partial charge in [-0.1, -0.05) is 79.1 Å². The van der Waals surface area contributed by atoms with Crippen molar-refractivity contribution in [2.45, 2.75) is 117 Å². The van der Waals surface area contributed by atoms with Crippen LogP contribution in [0.1, 0.15) is 105 Å². The van der Waals surface area contributed by atoms with E-state index in [2.05, 4.69) is 39.9 Å². The highest BCUT2D eigenvalue weighted by Gasteiger charge is 2.53. The van der Waals surface area contributed by atoms with Gasteiger partial charge in [0.15, 0.2) is 0 Å². The first kappa shape index (κ1) is 21.2. The van der Waals surface area contributed by atoms with Gasteiger partial charge in [-0.25, -0.2) is 0 Å². The van der Waals surface area contributed by atoms with Crippen molar-refractivity contribution >= 4 is 0 Å². The third-order valence-electron chi connectivity index (χ3n) is 8.26. The van der Waals surface area contributed by atoms with Gasteiger partial charge in [-0.15, -0.1) is 0 Å². The minimum Gasteiger partial charge on any atom is -0.389 e. The number of aliphatic hydroxyl groups is 1. The molecule has 0 bridgehead atoms. The van der Waals surface area contributed by atoms with Crippen LogP contribution in [0.2, 0.25) is 0 Å². The number of hydrogen-bond acceptors (Lipinski definition) is 2. The first-order valence-corrected chi connectivity index (χ1v) is 11.3. The summed E-state index contributed by atoms with van der Waals surface area (Å²) >= 11 is 0. The fourth-order valence-electron chi connectivity index (χ4n) is 6.03. The zero-order valence-electron chi connectivity index (χ0n) is 17.7. The lowest BCUT2D eigenvalue weighted by Gasteiger charge is -2.55. The lowest BCUT2D eigenvalue weighted by Crippen LogP contribution is -2.60. The van der Waals surface area contributed by atoms with Crippen LogP contribution in [0.15, 0.2) is 0 Å². The molecule has 0 spiro atoms. The lowest BCUT2D eigenvalue weighted by molar-refractivity contribution is -0.158. The van der Waals surface area contributed by atoms with Crippen molar-refractivity contribution in [3.8, 4) is 0 Å². The third-order valence-corrected chi connectivity index (χ3v) is 8.26. The van der Waals surface area contributed by atoms with Crippen molar-refractivity contribution in [3.63, 3.8) is 0 Å². The molecule has 2 aliphatic rings. The maximum Gasteiger partial charge on any atom is 0.0720 e. The summed E-state index contributed by atoms with van der Waals surface area (Å²) in [5, 5.41) is 16.1. The second-order valence-electron chi connectivity index (χ2n) is 9.74. The van der Waals surface area contributed by atoms with Crippen LogP contribution in [-0.2, 0) is 0 Å². The highest BCUT2D eigenvalue weighted by Crippen LogP contribution is 2.52. The molecule has 2 N–H and O–H groups in total. The zero-order valence-corrected chi connectivity index (χ0v) is 17.7. The Hall–Kier alpha value is -0.0800. The van der Waals surface area contributed by atoms with E-state index in [9.17, 15) is 5.11 Å². The maximum atomic E-state index is 12.2. The van der Waals surface area contributed by atoms with E-state index in [-0.39, 0.29) is 5.41 Å². The third kappa shape index (κ3) is 4.61. The summed E-state index contributed by atoms with van der Waals surface area (Å²) in [7, 11) is 0. The highest BCUT2D eigenvalue weighted by atomic mass is 16.3. The molecule has 5 unspecified atom stereocenters. The number of hydrogen-bond donors (Lipinski definition) is 2. The van der Waals surface area contributed by atoms with Crippen molar-refractivity contribution in [2.24, 2.45) is 23.2 Å². The quantitative estimate of drug-likeness (QED) is 0.646. The second-order valence-corrected chi connectivity index (χ2v) is 9.74. The molecular weight excluding hydrogens is 306 g/mol. The summed E-state index contributed by atoms with van der Waals surface area (Å²) in [6.07, 6.45) is 14.1. The molecule has 0 radical (unpaired) electrons. The summed E-state index contributed by atoms with van der Waals surface area (Å²) in [6, 6.07) is 0.476. The van der Waals surface area contributed by atoms with E-state index in [4.69, 9.17) is 0 Å². The van der Waals surface area contributed by atoms with Crippen molar-refractivity contribution in [3.05, 3.63) is 0 Å². The fourth-order valence-corrected chi connectivity index (χ4v) is 6.03. The smallest absolute Gasteiger partial charge is 0.0720 e. The standard InChI is InChI=1S/C23H45NO/c1-6-19(3)22(4)16-12-8-7-11-15-20-21(23(22,5)25)18(2)14-10-9-13-17-24-20/h18-21,24-25H,6-17H2,1-5H3/t18?,19?,20?,21?,22?,23-/m0/s1. The van der Waals surface area contributed by atoms with Crippen molar-refractivity contribution in [1.82, 2.24) is 5.32 Å². The van der Waals surface area contributed by atoms with E-state index in [1.54, 1.807) is 0 Å². The largest absolute Gasteiger partial charge is 0.389 e. The Morgan fingerprint density at radius 1 is 1.00 bits per heavy atom. The van der Waals surface area contributed by atoms with E-state index in [1.807, 2.05) is 0 Å². The summed E-state index contributed by atoms with van der Waals surface area (Å²) in [4.78, 5) is 0. The normalized spacial score (nSPS) is 43.2. The minimum atomic E-state index is -0.610. The molecule has 1 aliphatic carbocycles. The molecule has 2 nitrogen and oxygen atoms in total. The van der Waals surface area contributed by atoms with Crippen LogP contribution in [0.4, 0.5) is 0 Å². The molecule has 2 rings (SSSR count). The predicted octanol–water partition coefficient (Wildman–Crippen LogP) is 5.93. The maximum absolute atomic E-state index is 12.2. The molecule has 0 aromatic heterocycles. The van der Waals surface area contributed by atoms with Gasteiger partial charge in [0.05, 0.1) is 5.60 Å². The van der Waals surface area contributed by atoms with E-state index < -0.39 is 5.60 Å². The molecule has 1 heterocycles. The molecule has 2 heteroatoms. The van der Waals surface area contributed by atoms with E-state index in [0.29, 0.717) is 23.8 Å². The topological polar surface area (TPSA) is 32.3 Å². The summed E-state index contributed by atoms with van der Waals surface area (Å²) in [5.41, 5.74) is -0.604. The van der Waals surface area contributed by atoms with Crippen LogP contribution in [0, 0.1) is 23.2 Å². The molecular formula is C23H45NO. The van der Waals surface area contributed by atoms with Gasteiger partial charge in [-0.3, -0.25) is 0 Å². The summed E-state index contributed by atoms with van der Waals surface area (Å²) < 4.78 is 0. The molecule has 2 fully saturated rings. The number of nitrogens with one attached hydrogen (secondary N) is 1.